The highest BCUT2D eigenvalue weighted by molar-refractivity contribution is 6.30. The van der Waals surface area contributed by atoms with Crippen molar-refractivity contribution in [3.8, 4) is 0 Å². The van der Waals surface area contributed by atoms with Crippen LogP contribution in [-0.4, -0.2) is 60.1 Å². The fourth-order valence-electron chi connectivity index (χ4n) is 4.07. The number of nitro benzene ring substituents is 1. The topological polar surface area (TPSA) is 100 Å². The molecule has 32 heavy (non-hydrogen) atoms. The number of benzene rings is 2. The van der Waals surface area contributed by atoms with Crippen LogP contribution in [-0.2, 0) is 9.53 Å². The molecule has 2 aromatic carbocycles. The number of nitrogens with zero attached hydrogens (tertiary/aromatic N) is 2. The van der Waals surface area contributed by atoms with Gasteiger partial charge in [-0.15, -0.1) is 0 Å². The monoisotopic (exact) mass is 456 g/mol. The van der Waals surface area contributed by atoms with Gasteiger partial charge in [0.15, 0.2) is 0 Å². The van der Waals surface area contributed by atoms with Gasteiger partial charge in [-0.2, -0.15) is 0 Å². The van der Waals surface area contributed by atoms with Gasteiger partial charge in [0.2, 0.25) is 5.91 Å². The summed E-state index contributed by atoms with van der Waals surface area (Å²) in [6.45, 7) is 4.53. The zero-order valence-electron chi connectivity index (χ0n) is 17.6. The second kappa shape index (κ2) is 10.1. The van der Waals surface area contributed by atoms with E-state index in [-0.39, 0.29) is 23.9 Å². The van der Waals surface area contributed by atoms with E-state index in [0.717, 1.165) is 54.9 Å². The van der Waals surface area contributed by atoms with Crippen molar-refractivity contribution >= 4 is 34.1 Å². The summed E-state index contributed by atoms with van der Waals surface area (Å²) >= 11 is 6.07. The summed E-state index contributed by atoms with van der Waals surface area (Å²) in [5, 5.41) is 15.6. The first-order chi connectivity index (χ1) is 15.5. The van der Waals surface area contributed by atoms with Crippen molar-refractivity contribution in [2.45, 2.75) is 12.3 Å². The van der Waals surface area contributed by atoms with Crippen LogP contribution in [0.25, 0.3) is 10.9 Å². The Morgan fingerprint density at radius 1 is 1.22 bits per heavy atom. The van der Waals surface area contributed by atoms with Crippen LogP contribution in [0.1, 0.15) is 23.5 Å². The van der Waals surface area contributed by atoms with E-state index in [0.29, 0.717) is 11.6 Å². The van der Waals surface area contributed by atoms with Crippen molar-refractivity contribution in [1.29, 1.82) is 0 Å². The molecule has 9 heteroatoms. The molecule has 0 radical (unpaired) electrons. The van der Waals surface area contributed by atoms with Crippen molar-refractivity contribution in [1.82, 2.24) is 15.2 Å². The van der Waals surface area contributed by atoms with Crippen molar-refractivity contribution in [2.75, 3.05) is 39.4 Å². The van der Waals surface area contributed by atoms with E-state index in [1.54, 1.807) is 24.3 Å². The van der Waals surface area contributed by atoms with E-state index in [4.69, 9.17) is 16.3 Å². The zero-order valence-corrected chi connectivity index (χ0v) is 18.3. The van der Waals surface area contributed by atoms with Gasteiger partial charge in [-0.05, 0) is 29.3 Å². The molecular formula is C23H25ClN4O4. The SMILES string of the molecule is O=C(CC(c1ccc(Cl)cc1)c1c[nH]c2ccc([N+](=O)[O-])cc12)NCCN1CCOCC1. The van der Waals surface area contributed by atoms with E-state index in [1.807, 2.05) is 18.3 Å². The number of carbonyl (C=O) groups excluding carboxylic acids is 1. The van der Waals surface area contributed by atoms with Crippen LogP contribution >= 0.6 is 11.6 Å². The van der Waals surface area contributed by atoms with Crippen LogP contribution in [0.2, 0.25) is 5.02 Å². The fraction of sp³-hybridized carbons (Fsp3) is 0.348. The lowest BCUT2D eigenvalue weighted by Gasteiger charge is -2.26. The van der Waals surface area contributed by atoms with Crippen LogP contribution in [0.15, 0.2) is 48.7 Å². The Hall–Kier alpha value is -2.94. The summed E-state index contributed by atoms with van der Waals surface area (Å²) < 4.78 is 5.35. The number of H-pyrrole nitrogens is 1. The van der Waals surface area contributed by atoms with Crippen LogP contribution in [0.5, 0.6) is 0 Å². The molecule has 2 heterocycles. The lowest BCUT2D eigenvalue weighted by molar-refractivity contribution is -0.384. The maximum Gasteiger partial charge on any atom is 0.270 e. The molecule has 1 aliphatic rings. The molecule has 0 aliphatic carbocycles. The molecule has 1 aliphatic heterocycles. The molecule has 0 bridgehead atoms. The van der Waals surface area contributed by atoms with E-state index >= 15 is 0 Å². The minimum Gasteiger partial charge on any atom is -0.379 e. The fourth-order valence-corrected chi connectivity index (χ4v) is 4.20. The van der Waals surface area contributed by atoms with Gasteiger partial charge in [0, 0.05) is 72.8 Å². The highest BCUT2D eigenvalue weighted by Crippen LogP contribution is 2.35. The average Bonchev–Trinajstić information content (AvgIpc) is 3.22. The highest BCUT2D eigenvalue weighted by atomic mass is 35.5. The zero-order chi connectivity index (χ0) is 22.5. The lowest BCUT2D eigenvalue weighted by atomic mass is 9.88. The number of amides is 1. The van der Waals surface area contributed by atoms with Gasteiger partial charge in [0.05, 0.1) is 18.1 Å². The number of nitrogens with one attached hydrogen (secondary N) is 2. The third-order valence-corrected chi connectivity index (χ3v) is 6.05. The van der Waals surface area contributed by atoms with Gasteiger partial charge in [0.25, 0.3) is 5.69 Å². The first-order valence-corrected chi connectivity index (χ1v) is 11.0. The van der Waals surface area contributed by atoms with Crippen molar-refractivity contribution in [3.63, 3.8) is 0 Å². The number of carbonyl (C=O) groups is 1. The first-order valence-electron chi connectivity index (χ1n) is 10.6. The van der Waals surface area contributed by atoms with E-state index < -0.39 is 4.92 Å². The molecule has 1 atom stereocenters. The second-order valence-electron chi connectivity index (χ2n) is 7.84. The Labute approximate surface area is 190 Å². The van der Waals surface area contributed by atoms with Crippen molar-refractivity contribution in [2.24, 2.45) is 0 Å². The van der Waals surface area contributed by atoms with E-state index in [1.165, 1.54) is 6.07 Å². The molecule has 1 fully saturated rings. The number of aromatic amines is 1. The third kappa shape index (κ3) is 5.27. The molecule has 0 spiro atoms. The molecule has 1 unspecified atom stereocenters. The average molecular weight is 457 g/mol. The molecule has 0 saturated carbocycles. The second-order valence-corrected chi connectivity index (χ2v) is 8.28. The summed E-state index contributed by atoms with van der Waals surface area (Å²) in [4.78, 5) is 29.2. The maximum absolute atomic E-state index is 12.8. The number of hydrogen-bond acceptors (Lipinski definition) is 5. The molecule has 1 saturated heterocycles. The van der Waals surface area contributed by atoms with E-state index in [2.05, 4.69) is 15.2 Å². The Bertz CT molecular complexity index is 1090. The van der Waals surface area contributed by atoms with Crippen LogP contribution < -0.4 is 5.32 Å². The summed E-state index contributed by atoms with van der Waals surface area (Å²) in [7, 11) is 0. The van der Waals surface area contributed by atoms with Gasteiger partial charge in [-0.1, -0.05) is 23.7 Å². The Morgan fingerprint density at radius 3 is 2.69 bits per heavy atom. The summed E-state index contributed by atoms with van der Waals surface area (Å²) in [6.07, 6.45) is 2.05. The molecule has 1 amide bonds. The van der Waals surface area contributed by atoms with Crippen LogP contribution in [0.3, 0.4) is 0 Å². The van der Waals surface area contributed by atoms with Crippen molar-refractivity contribution in [3.05, 3.63) is 74.9 Å². The minimum absolute atomic E-state index is 0.0168. The van der Waals surface area contributed by atoms with Gasteiger partial charge in [0.1, 0.15) is 0 Å². The summed E-state index contributed by atoms with van der Waals surface area (Å²) in [5.74, 6) is -0.343. The number of non-ortho nitro benzene ring substituents is 1. The molecule has 168 valence electrons. The van der Waals surface area contributed by atoms with Crippen LogP contribution in [0.4, 0.5) is 5.69 Å². The van der Waals surface area contributed by atoms with Gasteiger partial charge in [-0.3, -0.25) is 19.8 Å². The number of aromatic nitrogens is 1. The maximum atomic E-state index is 12.8. The first kappa shape index (κ1) is 22.3. The Morgan fingerprint density at radius 2 is 1.97 bits per heavy atom. The summed E-state index contributed by atoms with van der Waals surface area (Å²) in [5.41, 5.74) is 2.57. The largest absolute Gasteiger partial charge is 0.379 e. The number of fused-ring (bicyclic) bond motifs is 1. The Balaban J connectivity index is 1.55. The van der Waals surface area contributed by atoms with Gasteiger partial charge >= 0.3 is 0 Å². The predicted molar refractivity (Wildman–Crippen MR) is 123 cm³/mol. The molecule has 1 aromatic heterocycles. The quantitative estimate of drug-likeness (QED) is 0.397. The number of nitro groups is 1. The number of ether oxygens (including phenoxy) is 1. The molecule has 4 rings (SSSR count). The number of hydrogen-bond donors (Lipinski definition) is 2. The smallest absolute Gasteiger partial charge is 0.270 e. The lowest BCUT2D eigenvalue weighted by Crippen LogP contribution is -2.41. The predicted octanol–water partition coefficient (Wildman–Crippen LogP) is 3.70. The molecule has 8 nitrogen and oxygen atoms in total. The highest BCUT2D eigenvalue weighted by Gasteiger charge is 2.23. The minimum atomic E-state index is -0.411. The molecule has 2 N–H and O–H groups in total. The number of rotatable bonds is 8. The number of morpholine rings is 1. The third-order valence-electron chi connectivity index (χ3n) is 5.80. The van der Waals surface area contributed by atoms with E-state index in [9.17, 15) is 14.9 Å². The standard InChI is InChI=1S/C23H25ClN4O4/c24-17-3-1-16(2-4-17)19(14-23(29)25-7-8-27-9-11-32-12-10-27)21-15-26-22-6-5-18(28(30)31)13-20(21)22/h1-6,13,15,19,26H,7-12,14H2,(H,25,29). The van der Waals surface area contributed by atoms with Crippen LogP contribution in [0, 0.1) is 10.1 Å². The number of halogens is 1. The van der Waals surface area contributed by atoms with Gasteiger partial charge in [-0.25, -0.2) is 0 Å². The molecule has 3 aromatic rings. The Kier molecular flexibility index (Phi) is 7.04. The van der Waals surface area contributed by atoms with Gasteiger partial charge < -0.3 is 15.0 Å². The van der Waals surface area contributed by atoms with Crippen molar-refractivity contribution < 1.29 is 14.5 Å². The summed E-state index contributed by atoms with van der Waals surface area (Å²) in [6, 6.07) is 12.1. The molecular weight excluding hydrogens is 432 g/mol. The normalized spacial score (nSPS) is 15.5.